The lowest BCUT2D eigenvalue weighted by molar-refractivity contribution is -0.385. The van der Waals surface area contributed by atoms with E-state index in [1.54, 1.807) is 12.3 Å². The molecule has 0 bridgehead atoms. The first-order valence-corrected chi connectivity index (χ1v) is 7.44. The molecule has 1 atom stereocenters. The first-order valence-electron chi connectivity index (χ1n) is 7.44. The molecule has 1 aromatic heterocycles. The van der Waals surface area contributed by atoms with E-state index < -0.39 is 0 Å². The lowest BCUT2D eigenvalue weighted by Gasteiger charge is -2.15. The number of benzene rings is 1. The van der Waals surface area contributed by atoms with E-state index in [2.05, 4.69) is 10.4 Å². The van der Waals surface area contributed by atoms with Crippen LogP contribution in [0.5, 0.6) is 11.5 Å². The largest absolute Gasteiger partial charge is 0.454 e. The molecule has 0 fully saturated rings. The molecular weight excluding hydrogens is 300 g/mol. The number of hydrogen-bond acceptors (Lipinski definition) is 6. The fourth-order valence-electron chi connectivity index (χ4n) is 2.55. The zero-order valence-corrected chi connectivity index (χ0v) is 12.8. The fraction of sp³-hybridized carbons (Fsp3) is 0.400. The van der Waals surface area contributed by atoms with E-state index in [0.717, 1.165) is 19.5 Å². The van der Waals surface area contributed by atoms with Crippen LogP contribution in [-0.2, 0) is 6.54 Å². The first kappa shape index (κ1) is 15.3. The molecule has 0 saturated carbocycles. The van der Waals surface area contributed by atoms with Crippen molar-refractivity contribution in [2.45, 2.75) is 25.9 Å². The van der Waals surface area contributed by atoms with Gasteiger partial charge in [-0.15, -0.1) is 0 Å². The number of aromatic nitrogens is 2. The van der Waals surface area contributed by atoms with Crippen LogP contribution in [0.2, 0.25) is 0 Å². The van der Waals surface area contributed by atoms with Gasteiger partial charge in [0.25, 0.3) is 5.69 Å². The summed E-state index contributed by atoms with van der Waals surface area (Å²) in [5.41, 5.74) is 0.639. The van der Waals surface area contributed by atoms with Crippen molar-refractivity contribution in [1.82, 2.24) is 15.1 Å². The molecule has 1 unspecified atom stereocenters. The Balaban J connectivity index is 1.64. The van der Waals surface area contributed by atoms with Crippen LogP contribution in [0.15, 0.2) is 30.6 Å². The van der Waals surface area contributed by atoms with Gasteiger partial charge in [-0.05, 0) is 32.0 Å². The Kier molecular flexibility index (Phi) is 4.42. The predicted octanol–water partition coefficient (Wildman–Crippen LogP) is 2.26. The summed E-state index contributed by atoms with van der Waals surface area (Å²) in [6, 6.07) is 4.83. The molecule has 122 valence electrons. The van der Waals surface area contributed by atoms with Crippen molar-refractivity contribution in [3.05, 3.63) is 46.3 Å². The predicted molar refractivity (Wildman–Crippen MR) is 82.5 cm³/mol. The highest BCUT2D eigenvalue weighted by Gasteiger charge is 2.25. The molecular formula is C15H18N4O4. The summed E-state index contributed by atoms with van der Waals surface area (Å²) < 4.78 is 12.4. The zero-order valence-electron chi connectivity index (χ0n) is 12.8. The molecule has 1 aliphatic heterocycles. The van der Waals surface area contributed by atoms with Gasteiger partial charge in [-0.25, -0.2) is 0 Å². The molecule has 0 aliphatic carbocycles. The Labute approximate surface area is 133 Å². The molecule has 2 heterocycles. The maximum Gasteiger partial charge on any atom is 0.278 e. The number of hydrogen-bond donors (Lipinski definition) is 1. The van der Waals surface area contributed by atoms with Crippen molar-refractivity contribution in [3.63, 3.8) is 0 Å². The van der Waals surface area contributed by atoms with Gasteiger partial charge in [0.1, 0.15) is 0 Å². The normalized spacial score (nSPS) is 14.0. The van der Waals surface area contributed by atoms with E-state index in [-0.39, 0.29) is 23.4 Å². The van der Waals surface area contributed by atoms with Crippen LogP contribution in [0.25, 0.3) is 0 Å². The van der Waals surface area contributed by atoms with E-state index in [4.69, 9.17) is 9.47 Å². The van der Waals surface area contributed by atoms with Crippen molar-refractivity contribution >= 4 is 5.69 Å². The van der Waals surface area contributed by atoms with Crippen molar-refractivity contribution in [3.8, 4) is 11.5 Å². The van der Waals surface area contributed by atoms with Gasteiger partial charge in [-0.2, -0.15) is 5.10 Å². The molecule has 2 aromatic rings. The van der Waals surface area contributed by atoms with E-state index in [1.165, 1.54) is 6.07 Å². The monoisotopic (exact) mass is 318 g/mol. The fourth-order valence-corrected chi connectivity index (χ4v) is 2.55. The van der Waals surface area contributed by atoms with Crippen LogP contribution in [0.3, 0.4) is 0 Å². The van der Waals surface area contributed by atoms with Gasteiger partial charge in [-0.1, -0.05) is 0 Å². The highest BCUT2D eigenvalue weighted by Crippen LogP contribution is 2.40. The number of rotatable bonds is 7. The number of nitrogens with one attached hydrogen (secondary N) is 1. The topological polar surface area (TPSA) is 91.5 Å². The Morgan fingerprint density at radius 1 is 1.43 bits per heavy atom. The maximum atomic E-state index is 11.3. The van der Waals surface area contributed by atoms with Crippen molar-refractivity contribution in [2.75, 3.05) is 13.3 Å². The number of ether oxygens (including phenoxy) is 2. The smallest absolute Gasteiger partial charge is 0.278 e. The van der Waals surface area contributed by atoms with Crippen molar-refractivity contribution < 1.29 is 14.4 Å². The van der Waals surface area contributed by atoms with E-state index in [9.17, 15) is 10.1 Å². The highest BCUT2D eigenvalue weighted by molar-refractivity contribution is 5.56. The molecule has 0 radical (unpaired) electrons. The minimum atomic E-state index is -0.390. The molecule has 1 aromatic carbocycles. The van der Waals surface area contributed by atoms with E-state index in [1.807, 2.05) is 23.9 Å². The second-order valence-corrected chi connectivity index (χ2v) is 5.32. The van der Waals surface area contributed by atoms with Crippen LogP contribution in [0.1, 0.15) is 24.9 Å². The summed E-state index contributed by atoms with van der Waals surface area (Å²) in [7, 11) is 0. The summed E-state index contributed by atoms with van der Waals surface area (Å²) in [5, 5.41) is 18.7. The van der Waals surface area contributed by atoms with Crippen LogP contribution >= 0.6 is 0 Å². The first-order chi connectivity index (χ1) is 11.1. The van der Waals surface area contributed by atoms with Crippen LogP contribution in [-0.4, -0.2) is 28.0 Å². The standard InChI is InChI=1S/C15H18N4O4/c1-11(16-4-2-6-18-7-3-5-17-18)12-8-14-15(23-10-22-14)9-13(12)19(20)21/h3,5,7-9,11,16H,2,4,6,10H2,1H3. The van der Waals surface area contributed by atoms with Crippen LogP contribution in [0, 0.1) is 10.1 Å². The van der Waals surface area contributed by atoms with Gasteiger partial charge in [0, 0.05) is 25.0 Å². The second kappa shape index (κ2) is 6.66. The van der Waals surface area contributed by atoms with Crippen LogP contribution < -0.4 is 14.8 Å². The van der Waals surface area contributed by atoms with Crippen LogP contribution in [0.4, 0.5) is 5.69 Å². The second-order valence-electron chi connectivity index (χ2n) is 5.32. The van der Waals surface area contributed by atoms with E-state index in [0.29, 0.717) is 17.1 Å². The summed E-state index contributed by atoms with van der Waals surface area (Å²) in [6.07, 6.45) is 4.53. The number of nitro benzene ring substituents is 1. The zero-order chi connectivity index (χ0) is 16.2. The molecule has 0 amide bonds. The molecule has 0 saturated heterocycles. The minimum Gasteiger partial charge on any atom is -0.454 e. The van der Waals surface area contributed by atoms with Gasteiger partial charge in [0.15, 0.2) is 11.5 Å². The van der Waals surface area contributed by atoms with Gasteiger partial charge in [0.2, 0.25) is 6.79 Å². The van der Waals surface area contributed by atoms with E-state index >= 15 is 0 Å². The van der Waals surface area contributed by atoms with Crippen molar-refractivity contribution in [1.29, 1.82) is 0 Å². The molecule has 8 nitrogen and oxygen atoms in total. The Morgan fingerprint density at radius 3 is 2.91 bits per heavy atom. The molecule has 3 rings (SSSR count). The lowest BCUT2D eigenvalue weighted by atomic mass is 10.0. The molecule has 23 heavy (non-hydrogen) atoms. The SMILES string of the molecule is CC(NCCCn1cccn1)c1cc2c(cc1[N+](=O)[O-])OCO2. The minimum absolute atomic E-state index is 0.0429. The van der Waals surface area contributed by atoms with Gasteiger partial charge in [0.05, 0.1) is 16.6 Å². The van der Waals surface area contributed by atoms with Gasteiger partial charge < -0.3 is 14.8 Å². The van der Waals surface area contributed by atoms with Crippen molar-refractivity contribution in [2.24, 2.45) is 0 Å². The quantitative estimate of drug-likeness (QED) is 0.478. The summed E-state index contributed by atoms with van der Waals surface area (Å²) in [5.74, 6) is 0.974. The summed E-state index contributed by atoms with van der Waals surface area (Å²) in [4.78, 5) is 10.9. The molecule has 1 N–H and O–H groups in total. The summed E-state index contributed by atoms with van der Waals surface area (Å²) >= 11 is 0. The third-order valence-corrected chi connectivity index (χ3v) is 3.76. The Morgan fingerprint density at radius 2 is 2.22 bits per heavy atom. The van der Waals surface area contributed by atoms with Gasteiger partial charge in [-0.3, -0.25) is 14.8 Å². The molecule has 8 heteroatoms. The number of fused-ring (bicyclic) bond motifs is 1. The average molecular weight is 318 g/mol. The lowest BCUT2D eigenvalue weighted by Crippen LogP contribution is -2.22. The highest BCUT2D eigenvalue weighted by atomic mass is 16.7. The third kappa shape index (κ3) is 3.42. The Bertz CT molecular complexity index is 687. The maximum absolute atomic E-state index is 11.3. The number of nitrogens with zero attached hydrogens (tertiary/aromatic N) is 3. The number of aryl methyl sites for hydroxylation is 1. The Hall–Kier alpha value is -2.61. The van der Waals surface area contributed by atoms with Gasteiger partial charge >= 0.3 is 0 Å². The third-order valence-electron chi connectivity index (χ3n) is 3.76. The number of nitro groups is 1. The average Bonchev–Trinajstić information content (AvgIpc) is 3.20. The molecule has 0 spiro atoms. The summed E-state index contributed by atoms with van der Waals surface area (Å²) in [6.45, 7) is 3.53. The molecule has 1 aliphatic rings.